The van der Waals surface area contributed by atoms with Crippen molar-refractivity contribution < 1.29 is 22.7 Å². The minimum Gasteiger partial charge on any atom is -0.379 e. The molecular weight excluding hydrogens is 442 g/mol. The predicted molar refractivity (Wildman–Crippen MR) is 119 cm³/mol. The van der Waals surface area contributed by atoms with E-state index in [1.165, 1.54) is 23.4 Å². The predicted octanol–water partition coefficient (Wildman–Crippen LogP) is 3.13. The summed E-state index contributed by atoms with van der Waals surface area (Å²) in [6, 6.07) is 9.34. The minimum atomic E-state index is -3.75. The van der Waals surface area contributed by atoms with Crippen molar-refractivity contribution in [3.8, 4) is 0 Å². The van der Waals surface area contributed by atoms with Crippen LogP contribution in [0.25, 0.3) is 0 Å². The van der Waals surface area contributed by atoms with Crippen molar-refractivity contribution in [3.05, 3.63) is 52.5 Å². The van der Waals surface area contributed by atoms with Gasteiger partial charge in [0.15, 0.2) is 0 Å². The molecule has 2 aromatic rings. The van der Waals surface area contributed by atoms with Gasteiger partial charge in [-0.15, -0.1) is 0 Å². The second-order valence-corrected chi connectivity index (χ2v) is 9.34. The van der Waals surface area contributed by atoms with Gasteiger partial charge in [0.05, 0.1) is 28.8 Å². The third-order valence-corrected chi connectivity index (χ3v) is 7.13. The maximum absolute atomic E-state index is 13.2. The molecule has 1 fully saturated rings. The maximum Gasteiger partial charge on any atom is 0.255 e. The zero-order valence-corrected chi connectivity index (χ0v) is 18.8. The highest BCUT2D eigenvalue weighted by molar-refractivity contribution is 7.89. The van der Waals surface area contributed by atoms with Gasteiger partial charge in [0.25, 0.3) is 5.91 Å². The summed E-state index contributed by atoms with van der Waals surface area (Å²) in [5.74, 6) is -0.729. The Balaban J connectivity index is 1.87. The quantitative estimate of drug-likeness (QED) is 0.681. The smallest absolute Gasteiger partial charge is 0.255 e. The fraction of sp³-hybridized carbons (Fsp3) is 0.333. The van der Waals surface area contributed by atoms with Crippen LogP contribution in [0.2, 0.25) is 5.02 Å². The van der Waals surface area contributed by atoms with Gasteiger partial charge in [0.2, 0.25) is 15.9 Å². The molecule has 0 saturated carbocycles. The van der Waals surface area contributed by atoms with Crippen LogP contribution in [0.3, 0.4) is 0 Å². The number of nitrogens with zero attached hydrogens (tertiary/aromatic N) is 1. The normalized spacial score (nSPS) is 14.8. The van der Waals surface area contributed by atoms with Crippen molar-refractivity contribution in [2.75, 3.05) is 36.9 Å². The Bertz CT molecular complexity index is 1100. The average Bonchev–Trinajstić information content (AvgIpc) is 2.75. The summed E-state index contributed by atoms with van der Waals surface area (Å²) in [4.78, 5) is 24.1. The number of ether oxygens (including phenoxy) is 1. The Kier molecular flexibility index (Phi) is 7.32. The number of carbonyl (C=O) groups is 2. The van der Waals surface area contributed by atoms with Crippen LogP contribution in [0.15, 0.2) is 41.3 Å². The van der Waals surface area contributed by atoms with E-state index in [9.17, 15) is 18.0 Å². The molecule has 0 bridgehead atoms. The molecule has 1 heterocycles. The van der Waals surface area contributed by atoms with Gasteiger partial charge in [-0.05, 0) is 42.3 Å². The second-order valence-electron chi connectivity index (χ2n) is 7.02. The van der Waals surface area contributed by atoms with Crippen LogP contribution < -0.4 is 10.6 Å². The molecule has 2 N–H and O–H groups in total. The van der Waals surface area contributed by atoms with Crippen LogP contribution in [-0.4, -0.2) is 50.8 Å². The highest BCUT2D eigenvalue weighted by atomic mass is 35.5. The van der Waals surface area contributed by atoms with Crippen LogP contribution in [-0.2, 0) is 26.0 Å². The van der Waals surface area contributed by atoms with E-state index in [1.807, 2.05) is 6.92 Å². The zero-order chi connectivity index (χ0) is 22.6. The van der Waals surface area contributed by atoms with Gasteiger partial charge in [0, 0.05) is 31.3 Å². The zero-order valence-electron chi connectivity index (χ0n) is 17.3. The number of halogens is 1. The Morgan fingerprint density at radius 2 is 1.81 bits per heavy atom. The van der Waals surface area contributed by atoms with Crippen molar-refractivity contribution in [1.82, 2.24) is 4.31 Å². The van der Waals surface area contributed by atoms with Gasteiger partial charge < -0.3 is 15.4 Å². The summed E-state index contributed by atoms with van der Waals surface area (Å²) >= 11 is 6.22. The highest BCUT2D eigenvalue weighted by Crippen LogP contribution is 2.27. The van der Waals surface area contributed by atoms with Crippen LogP contribution in [0.1, 0.15) is 29.8 Å². The fourth-order valence-electron chi connectivity index (χ4n) is 3.25. The molecule has 8 nitrogen and oxygen atoms in total. The first kappa shape index (κ1) is 23.2. The molecule has 0 radical (unpaired) electrons. The summed E-state index contributed by atoms with van der Waals surface area (Å²) in [5, 5.41) is 5.54. The van der Waals surface area contributed by atoms with Crippen molar-refractivity contribution in [2.45, 2.75) is 25.2 Å². The number of morpholine rings is 1. The number of amides is 2. The van der Waals surface area contributed by atoms with Crippen LogP contribution in [0, 0.1) is 0 Å². The van der Waals surface area contributed by atoms with Crippen molar-refractivity contribution in [2.24, 2.45) is 0 Å². The summed E-state index contributed by atoms with van der Waals surface area (Å²) in [6.45, 7) is 4.48. The number of nitrogens with one attached hydrogen (secondary N) is 2. The van der Waals surface area contributed by atoms with E-state index in [4.69, 9.17) is 16.3 Å². The number of carbonyl (C=O) groups excluding carboxylic acids is 2. The van der Waals surface area contributed by atoms with E-state index in [-0.39, 0.29) is 34.5 Å². The molecule has 0 aliphatic carbocycles. The summed E-state index contributed by atoms with van der Waals surface area (Å²) in [6.07, 6.45) is 0.511. The lowest BCUT2D eigenvalue weighted by molar-refractivity contribution is -0.114. The van der Waals surface area contributed by atoms with Crippen molar-refractivity contribution >= 4 is 44.8 Å². The fourth-order valence-corrected chi connectivity index (χ4v) is 5.20. The van der Waals surface area contributed by atoms with Crippen LogP contribution >= 0.6 is 11.6 Å². The lowest BCUT2D eigenvalue weighted by atomic mass is 10.1. The monoisotopic (exact) mass is 465 g/mol. The van der Waals surface area contributed by atoms with E-state index in [2.05, 4.69) is 10.6 Å². The molecule has 2 aromatic carbocycles. The molecule has 1 saturated heterocycles. The number of hydrogen-bond acceptors (Lipinski definition) is 5. The lowest BCUT2D eigenvalue weighted by Gasteiger charge is -2.27. The number of anilines is 2. The number of aryl methyl sites for hydroxylation is 1. The largest absolute Gasteiger partial charge is 0.379 e. The van der Waals surface area contributed by atoms with Crippen molar-refractivity contribution in [1.29, 1.82) is 0 Å². The maximum atomic E-state index is 13.2. The molecule has 0 spiro atoms. The van der Waals surface area contributed by atoms with Gasteiger partial charge in [-0.2, -0.15) is 4.31 Å². The molecule has 0 atom stereocenters. The first-order valence-corrected chi connectivity index (χ1v) is 11.6. The Labute approximate surface area is 186 Å². The molecule has 31 heavy (non-hydrogen) atoms. The van der Waals surface area contributed by atoms with Gasteiger partial charge in [-0.3, -0.25) is 9.59 Å². The summed E-state index contributed by atoms with van der Waals surface area (Å²) in [7, 11) is -3.75. The first-order valence-electron chi connectivity index (χ1n) is 9.81. The second kappa shape index (κ2) is 9.78. The molecule has 10 heteroatoms. The minimum absolute atomic E-state index is 0.122. The first-order chi connectivity index (χ1) is 14.7. The van der Waals surface area contributed by atoms with Gasteiger partial charge in [-0.1, -0.05) is 24.6 Å². The third-order valence-electron chi connectivity index (χ3n) is 4.84. The molecular formula is C21H24ClN3O5S. The Hall–Kier alpha value is -2.46. The molecule has 1 aliphatic rings. The standard InChI is InChI=1S/C21H24ClN3O5S/c1-3-15-4-5-16(12-20(15)31(28,29)25-8-10-30-11-9-25)21(27)24-19-7-6-17(13-18(19)22)23-14(2)26/h4-7,12-13H,3,8-11H2,1-2H3,(H,23,26)(H,24,27). The van der Waals surface area contributed by atoms with Crippen LogP contribution in [0.5, 0.6) is 0 Å². The topological polar surface area (TPSA) is 105 Å². The average molecular weight is 466 g/mol. The van der Waals surface area contributed by atoms with Gasteiger partial charge in [-0.25, -0.2) is 8.42 Å². The molecule has 3 rings (SSSR count). The molecule has 1 aliphatic heterocycles. The Morgan fingerprint density at radius 1 is 1.10 bits per heavy atom. The van der Waals surface area contributed by atoms with E-state index in [0.29, 0.717) is 36.6 Å². The summed E-state index contributed by atoms with van der Waals surface area (Å²) < 4.78 is 33.0. The lowest BCUT2D eigenvalue weighted by Crippen LogP contribution is -2.41. The Morgan fingerprint density at radius 3 is 2.42 bits per heavy atom. The van der Waals surface area contributed by atoms with E-state index >= 15 is 0 Å². The number of rotatable bonds is 6. The number of sulfonamides is 1. The summed E-state index contributed by atoms with van der Waals surface area (Å²) in [5.41, 5.74) is 1.69. The third kappa shape index (κ3) is 5.43. The SMILES string of the molecule is CCc1ccc(C(=O)Nc2ccc(NC(C)=O)cc2Cl)cc1S(=O)(=O)N1CCOCC1. The van der Waals surface area contributed by atoms with E-state index in [1.54, 1.807) is 24.3 Å². The van der Waals surface area contributed by atoms with Crippen molar-refractivity contribution in [3.63, 3.8) is 0 Å². The van der Waals surface area contributed by atoms with Gasteiger partial charge >= 0.3 is 0 Å². The molecule has 166 valence electrons. The molecule has 0 aromatic heterocycles. The molecule has 2 amide bonds. The van der Waals surface area contributed by atoms with E-state index < -0.39 is 15.9 Å². The van der Waals surface area contributed by atoms with E-state index in [0.717, 1.165) is 0 Å². The number of hydrogen-bond donors (Lipinski definition) is 2. The molecule has 0 unspecified atom stereocenters. The van der Waals surface area contributed by atoms with Gasteiger partial charge in [0.1, 0.15) is 0 Å². The number of benzene rings is 2. The highest BCUT2D eigenvalue weighted by Gasteiger charge is 2.29. The van der Waals surface area contributed by atoms with Crippen LogP contribution in [0.4, 0.5) is 11.4 Å².